The van der Waals surface area contributed by atoms with Gasteiger partial charge in [-0.1, -0.05) is 6.08 Å². The number of hydrogen-bond donors (Lipinski definition) is 1. The van der Waals surface area contributed by atoms with E-state index in [0.29, 0.717) is 13.2 Å². The number of amides is 1. The highest BCUT2D eigenvalue weighted by Gasteiger charge is 2.24. The standard InChI is InChI=1S/C6H10N2O2/c1-2-3-7-5-8(10)4-6(7)9/h2,10H,1,3-5H2. The van der Waals surface area contributed by atoms with Gasteiger partial charge >= 0.3 is 0 Å². The lowest BCUT2D eigenvalue weighted by Crippen LogP contribution is -2.26. The summed E-state index contributed by atoms with van der Waals surface area (Å²) in [5.41, 5.74) is 0. The summed E-state index contributed by atoms with van der Waals surface area (Å²) in [6, 6.07) is 0. The van der Waals surface area contributed by atoms with E-state index in [-0.39, 0.29) is 12.5 Å². The highest BCUT2D eigenvalue weighted by Crippen LogP contribution is 2.02. The third-order valence-electron chi connectivity index (χ3n) is 1.35. The first-order valence-electron chi connectivity index (χ1n) is 3.06. The fraction of sp³-hybridized carbons (Fsp3) is 0.500. The molecule has 0 saturated carbocycles. The number of carbonyl (C=O) groups excluding carboxylic acids is 1. The lowest BCUT2D eigenvalue weighted by molar-refractivity contribution is -0.127. The van der Waals surface area contributed by atoms with Crippen molar-refractivity contribution in [1.82, 2.24) is 9.96 Å². The van der Waals surface area contributed by atoms with Crippen LogP contribution in [0.25, 0.3) is 0 Å². The van der Waals surface area contributed by atoms with Gasteiger partial charge in [0.1, 0.15) is 6.54 Å². The Morgan fingerprint density at radius 1 is 1.80 bits per heavy atom. The normalized spacial score (nSPS) is 20.1. The predicted octanol–water partition coefficient (Wildman–Crippen LogP) is -0.337. The summed E-state index contributed by atoms with van der Waals surface area (Å²) in [6.07, 6.45) is 1.64. The molecule has 1 amide bonds. The maximum Gasteiger partial charge on any atom is 0.240 e. The molecule has 1 saturated heterocycles. The molecule has 0 bridgehead atoms. The molecule has 10 heavy (non-hydrogen) atoms. The van der Waals surface area contributed by atoms with E-state index in [1.807, 2.05) is 0 Å². The Morgan fingerprint density at radius 3 is 2.90 bits per heavy atom. The van der Waals surface area contributed by atoms with Crippen molar-refractivity contribution in [2.75, 3.05) is 19.8 Å². The van der Waals surface area contributed by atoms with Crippen LogP contribution in [0.2, 0.25) is 0 Å². The molecule has 1 N–H and O–H groups in total. The number of nitrogens with zero attached hydrogens (tertiary/aromatic N) is 2. The zero-order chi connectivity index (χ0) is 7.56. The molecule has 4 heteroatoms. The monoisotopic (exact) mass is 142 g/mol. The van der Waals surface area contributed by atoms with Gasteiger partial charge in [0.15, 0.2) is 0 Å². The summed E-state index contributed by atoms with van der Waals surface area (Å²) in [4.78, 5) is 12.4. The summed E-state index contributed by atoms with van der Waals surface area (Å²) >= 11 is 0. The van der Waals surface area contributed by atoms with Crippen molar-refractivity contribution >= 4 is 5.91 Å². The van der Waals surface area contributed by atoms with Gasteiger partial charge in [-0.2, -0.15) is 5.06 Å². The first kappa shape index (κ1) is 7.24. The van der Waals surface area contributed by atoms with Crippen LogP contribution >= 0.6 is 0 Å². The summed E-state index contributed by atoms with van der Waals surface area (Å²) in [7, 11) is 0. The first-order valence-corrected chi connectivity index (χ1v) is 3.06. The summed E-state index contributed by atoms with van der Waals surface area (Å²) in [5, 5.41) is 9.81. The zero-order valence-corrected chi connectivity index (χ0v) is 5.66. The van der Waals surface area contributed by atoms with Gasteiger partial charge in [-0.25, -0.2) is 0 Å². The molecule has 0 spiro atoms. The molecule has 0 aromatic carbocycles. The number of rotatable bonds is 2. The molecular weight excluding hydrogens is 132 g/mol. The number of hydrogen-bond acceptors (Lipinski definition) is 3. The second kappa shape index (κ2) is 2.81. The Kier molecular flexibility index (Phi) is 2.03. The molecule has 0 aliphatic carbocycles. The van der Waals surface area contributed by atoms with Crippen molar-refractivity contribution in [3.8, 4) is 0 Å². The van der Waals surface area contributed by atoms with Crippen LogP contribution in [-0.2, 0) is 4.79 Å². The van der Waals surface area contributed by atoms with Gasteiger partial charge in [0, 0.05) is 6.54 Å². The first-order chi connectivity index (χ1) is 4.74. The molecule has 1 heterocycles. The van der Waals surface area contributed by atoms with Crippen LogP contribution < -0.4 is 0 Å². The molecule has 1 aliphatic heterocycles. The Balaban J connectivity index is 2.46. The van der Waals surface area contributed by atoms with Crippen molar-refractivity contribution in [1.29, 1.82) is 0 Å². The van der Waals surface area contributed by atoms with Crippen LogP contribution in [0.1, 0.15) is 0 Å². The summed E-state index contributed by atoms with van der Waals surface area (Å²) in [5.74, 6) is -0.0533. The molecule has 0 aromatic heterocycles. The van der Waals surface area contributed by atoms with Crippen LogP contribution in [0.4, 0.5) is 0 Å². The summed E-state index contributed by atoms with van der Waals surface area (Å²) < 4.78 is 0. The van der Waals surface area contributed by atoms with Crippen LogP contribution in [0, 0.1) is 0 Å². The topological polar surface area (TPSA) is 43.8 Å². The highest BCUT2D eigenvalue weighted by atomic mass is 16.5. The minimum atomic E-state index is -0.0533. The fourth-order valence-corrected chi connectivity index (χ4v) is 0.897. The van der Waals surface area contributed by atoms with E-state index in [0.717, 1.165) is 5.06 Å². The maximum atomic E-state index is 10.9. The van der Waals surface area contributed by atoms with Crippen LogP contribution in [-0.4, -0.2) is 40.8 Å². The maximum absolute atomic E-state index is 10.9. The molecule has 1 aliphatic rings. The smallest absolute Gasteiger partial charge is 0.240 e. The highest BCUT2D eigenvalue weighted by molar-refractivity contribution is 5.79. The molecular formula is C6H10N2O2. The Bertz CT molecular complexity index is 158. The number of carbonyl (C=O) groups is 1. The van der Waals surface area contributed by atoms with E-state index in [1.165, 1.54) is 4.90 Å². The minimum absolute atomic E-state index is 0.0533. The molecule has 0 aromatic rings. The second-order valence-corrected chi connectivity index (χ2v) is 2.21. The van der Waals surface area contributed by atoms with Crippen molar-refractivity contribution < 1.29 is 10.0 Å². The molecule has 0 radical (unpaired) electrons. The Hall–Kier alpha value is -0.870. The second-order valence-electron chi connectivity index (χ2n) is 2.21. The largest absolute Gasteiger partial charge is 0.323 e. The van der Waals surface area contributed by atoms with Gasteiger partial charge in [-0.15, -0.1) is 6.58 Å². The Morgan fingerprint density at radius 2 is 2.50 bits per heavy atom. The fourth-order valence-electron chi connectivity index (χ4n) is 0.897. The van der Waals surface area contributed by atoms with E-state index in [2.05, 4.69) is 6.58 Å². The molecule has 0 unspecified atom stereocenters. The average Bonchev–Trinajstić information content (AvgIpc) is 2.13. The van der Waals surface area contributed by atoms with Crippen LogP contribution in [0.15, 0.2) is 12.7 Å². The SMILES string of the molecule is C=CCN1CN(O)CC1=O. The van der Waals surface area contributed by atoms with Gasteiger partial charge in [0.2, 0.25) is 5.91 Å². The van der Waals surface area contributed by atoms with E-state index >= 15 is 0 Å². The van der Waals surface area contributed by atoms with E-state index < -0.39 is 0 Å². The van der Waals surface area contributed by atoms with Crippen molar-refractivity contribution in [2.45, 2.75) is 0 Å². The van der Waals surface area contributed by atoms with Crippen molar-refractivity contribution in [3.63, 3.8) is 0 Å². The molecule has 1 fully saturated rings. The molecule has 1 rings (SSSR count). The quantitative estimate of drug-likeness (QED) is 0.536. The van der Waals surface area contributed by atoms with Crippen LogP contribution in [0.3, 0.4) is 0 Å². The van der Waals surface area contributed by atoms with Gasteiger partial charge in [-0.3, -0.25) is 4.79 Å². The Labute approximate surface area is 59.3 Å². The van der Waals surface area contributed by atoms with E-state index in [4.69, 9.17) is 5.21 Å². The zero-order valence-electron chi connectivity index (χ0n) is 5.66. The molecule has 4 nitrogen and oxygen atoms in total. The molecule has 0 atom stereocenters. The molecule has 56 valence electrons. The van der Waals surface area contributed by atoms with Crippen molar-refractivity contribution in [3.05, 3.63) is 12.7 Å². The van der Waals surface area contributed by atoms with Gasteiger partial charge < -0.3 is 10.1 Å². The van der Waals surface area contributed by atoms with E-state index in [1.54, 1.807) is 6.08 Å². The van der Waals surface area contributed by atoms with Crippen molar-refractivity contribution in [2.24, 2.45) is 0 Å². The minimum Gasteiger partial charge on any atom is -0.323 e. The van der Waals surface area contributed by atoms with Gasteiger partial charge in [-0.05, 0) is 0 Å². The lowest BCUT2D eigenvalue weighted by atomic mass is 10.5. The predicted molar refractivity (Wildman–Crippen MR) is 35.3 cm³/mol. The third-order valence-corrected chi connectivity index (χ3v) is 1.35. The third kappa shape index (κ3) is 1.34. The van der Waals surface area contributed by atoms with Gasteiger partial charge in [0.25, 0.3) is 0 Å². The number of hydroxylamine groups is 2. The van der Waals surface area contributed by atoms with Crippen LogP contribution in [0.5, 0.6) is 0 Å². The summed E-state index contributed by atoms with van der Waals surface area (Å²) in [6.45, 7) is 4.40. The van der Waals surface area contributed by atoms with E-state index in [9.17, 15) is 4.79 Å². The lowest BCUT2D eigenvalue weighted by Gasteiger charge is -2.11. The van der Waals surface area contributed by atoms with Gasteiger partial charge in [0.05, 0.1) is 6.67 Å². The average molecular weight is 142 g/mol.